The molecular weight excluding hydrogens is 284 g/mol. The van der Waals surface area contributed by atoms with Crippen LogP contribution in [-0.2, 0) is 17.6 Å². The number of hydrogen-bond acceptors (Lipinski definition) is 3. The van der Waals surface area contributed by atoms with E-state index in [1.54, 1.807) is 18.4 Å². The molecule has 1 fully saturated rings. The van der Waals surface area contributed by atoms with Crippen LogP contribution < -0.4 is 5.32 Å². The maximum absolute atomic E-state index is 12.5. The molecule has 1 N–H and O–H groups in total. The third-order valence-corrected chi connectivity index (χ3v) is 5.78. The van der Waals surface area contributed by atoms with Gasteiger partial charge >= 0.3 is 0 Å². The molecular formula is C16H22N2O2S. The number of carbonyl (C=O) groups is 2. The molecule has 21 heavy (non-hydrogen) atoms. The van der Waals surface area contributed by atoms with Gasteiger partial charge in [-0.15, -0.1) is 11.3 Å². The summed E-state index contributed by atoms with van der Waals surface area (Å²) in [5, 5.41) is 2.74. The molecule has 1 unspecified atom stereocenters. The van der Waals surface area contributed by atoms with E-state index in [-0.39, 0.29) is 17.7 Å². The number of likely N-dealkylation sites (tertiary alicyclic amines) is 1. The Kier molecular flexibility index (Phi) is 4.29. The Balaban J connectivity index is 1.74. The van der Waals surface area contributed by atoms with Crippen molar-refractivity contribution in [2.75, 3.05) is 20.1 Å². The van der Waals surface area contributed by atoms with E-state index in [0.717, 1.165) is 50.1 Å². The second-order valence-electron chi connectivity index (χ2n) is 5.97. The quantitative estimate of drug-likeness (QED) is 0.911. The van der Waals surface area contributed by atoms with Gasteiger partial charge in [0, 0.05) is 30.9 Å². The molecule has 3 rings (SSSR count). The summed E-state index contributed by atoms with van der Waals surface area (Å²) in [4.78, 5) is 28.5. The summed E-state index contributed by atoms with van der Waals surface area (Å²) in [6, 6.07) is 2.03. The number of fused-ring (bicyclic) bond motifs is 1. The van der Waals surface area contributed by atoms with Gasteiger partial charge in [0.25, 0.3) is 5.91 Å². The van der Waals surface area contributed by atoms with E-state index in [1.165, 1.54) is 16.9 Å². The minimum Gasteiger partial charge on any atom is -0.359 e. The number of carbonyl (C=O) groups excluding carboxylic acids is 2. The van der Waals surface area contributed by atoms with Crippen molar-refractivity contribution in [3.63, 3.8) is 0 Å². The Morgan fingerprint density at radius 2 is 2.05 bits per heavy atom. The zero-order valence-electron chi connectivity index (χ0n) is 12.5. The maximum Gasteiger partial charge on any atom is 0.263 e. The third-order valence-electron chi connectivity index (χ3n) is 4.55. The zero-order valence-corrected chi connectivity index (χ0v) is 13.3. The number of amides is 2. The molecule has 1 atom stereocenters. The molecule has 2 aliphatic rings. The Bertz CT molecular complexity index is 546. The number of nitrogens with zero attached hydrogens (tertiary/aromatic N) is 1. The topological polar surface area (TPSA) is 49.4 Å². The van der Waals surface area contributed by atoms with E-state index in [4.69, 9.17) is 0 Å². The molecule has 0 saturated carbocycles. The Hall–Kier alpha value is -1.36. The molecule has 0 bridgehead atoms. The monoisotopic (exact) mass is 306 g/mol. The fourth-order valence-corrected chi connectivity index (χ4v) is 4.49. The molecule has 1 aromatic rings. The first-order valence-electron chi connectivity index (χ1n) is 7.81. The minimum absolute atomic E-state index is 0.0649. The van der Waals surface area contributed by atoms with Gasteiger partial charge in [0.1, 0.15) is 0 Å². The molecule has 114 valence electrons. The molecule has 4 nitrogen and oxygen atoms in total. The van der Waals surface area contributed by atoms with Crippen molar-refractivity contribution in [1.82, 2.24) is 10.2 Å². The molecule has 0 aromatic carbocycles. The van der Waals surface area contributed by atoms with Crippen LogP contribution in [-0.4, -0.2) is 36.9 Å². The number of thiophene rings is 1. The lowest BCUT2D eigenvalue weighted by atomic mass is 9.88. The number of hydrogen-bond donors (Lipinski definition) is 1. The third kappa shape index (κ3) is 2.98. The smallest absolute Gasteiger partial charge is 0.263 e. The van der Waals surface area contributed by atoms with Crippen LogP contribution in [0, 0.1) is 5.92 Å². The summed E-state index contributed by atoms with van der Waals surface area (Å²) in [5.74, 6) is 0.372. The van der Waals surface area contributed by atoms with Gasteiger partial charge in [0.05, 0.1) is 4.88 Å². The second-order valence-corrected chi connectivity index (χ2v) is 7.10. The molecule has 0 spiro atoms. The standard InChI is InChI=1S/C16H22N2O2S/c1-17-15(19)11-5-6-13-12(9-11)10-14(21-13)16(20)18-7-3-2-4-8-18/h10-11H,2-9H2,1H3,(H,17,19). The predicted octanol–water partition coefficient (Wildman–Crippen LogP) is 2.23. The van der Waals surface area contributed by atoms with Crippen LogP contribution in [0.15, 0.2) is 6.07 Å². The molecule has 1 aliphatic heterocycles. The summed E-state index contributed by atoms with van der Waals surface area (Å²) < 4.78 is 0. The molecule has 1 aliphatic carbocycles. The Morgan fingerprint density at radius 1 is 1.29 bits per heavy atom. The summed E-state index contributed by atoms with van der Waals surface area (Å²) >= 11 is 1.64. The van der Waals surface area contributed by atoms with Crippen molar-refractivity contribution in [2.45, 2.75) is 38.5 Å². The van der Waals surface area contributed by atoms with Gasteiger partial charge in [-0.25, -0.2) is 0 Å². The zero-order chi connectivity index (χ0) is 14.8. The molecule has 0 radical (unpaired) electrons. The minimum atomic E-state index is 0.0649. The highest BCUT2D eigenvalue weighted by atomic mass is 32.1. The van der Waals surface area contributed by atoms with Crippen LogP contribution in [0.3, 0.4) is 0 Å². The first-order valence-corrected chi connectivity index (χ1v) is 8.63. The van der Waals surface area contributed by atoms with Gasteiger partial charge in [0.15, 0.2) is 0 Å². The van der Waals surface area contributed by atoms with Crippen molar-refractivity contribution in [3.05, 3.63) is 21.4 Å². The van der Waals surface area contributed by atoms with Crippen LogP contribution in [0.25, 0.3) is 0 Å². The molecule has 5 heteroatoms. The van der Waals surface area contributed by atoms with Gasteiger partial charge in [-0.3, -0.25) is 9.59 Å². The van der Waals surface area contributed by atoms with Crippen molar-refractivity contribution >= 4 is 23.2 Å². The maximum atomic E-state index is 12.5. The van der Waals surface area contributed by atoms with E-state index in [0.29, 0.717) is 0 Å². The van der Waals surface area contributed by atoms with Crippen LogP contribution in [0.1, 0.15) is 45.8 Å². The second kappa shape index (κ2) is 6.18. The van der Waals surface area contributed by atoms with E-state index < -0.39 is 0 Å². The largest absolute Gasteiger partial charge is 0.359 e. The van der Waals surface area contributed by atoms with Gasteiger partial charge < -0.3 is 10.2 Å². The number of nitrogens with one attached hydrogen (secondary N) is 1. The van der Waals surface area contributed by atoms with Crippen LogP contribution >= 0.6 is 11.3 Å². The average Bonchev–Trinajstić information content (AvgIpc) is 2.97. The van der Waals surface area contributed by atoms with Crippen LogP contribution in [0.5, 0.6) is 0 Å². The van der Waals surface area contributed by atoms with Crippen molar-refractivity contribution < 1.29 is 9.59 Å². The first kappa shape index (κ1) is 14.6. The number of rotatable bonds is 2. The van der Waals surface area contributed by atoms with Crippen molar-refractivity contribution in [1.29, 1.82) is 0 Å². The molecule has 1 saturated heterocycles. The SMILES string of the molecule is CNC(=O)C1CCc2sc(C(=O)N3CCCCC3)cc2C1. The Morgan fingerprint density at radius 3 is 2.76 bits per heavy atom. The summed E-state index contributed by atoms with van der Waals surface area (Å²) in [7, 11) is 1.69. The first-order chi connectivity index (χ1) is 10.2. The summed E-state index contributed by atoms with van der Waals surface area (Å²) in [5.41, 5.74) is 1.21. The van der Waals surface area contributed by atoms with E-state index in [1.807, 2.05) is 11.0 Å². The van der Waals surface area contributed by atoms with Gasteiger partial charge in [-0.2, -0.15) is 0 Å². The highest BCUT2D eigenvalue weighted by Crippen LogP contribution is 2.33. The van der Waals surface area contributed by atoms with Gasteiger partial charge in [-0.05, 0) is 50.2 Å². The molecule has 2 amide bonds. The van der Waals surface area contributed by atoms with Crippen LogP contribution in [0.4, 0.5) is 0 Å². The lowest BCUT2D eigenvalue weighted by molar-refractivity contribution is -0.124. The number of aryl methyl sites for hydroxylation is 1. The van der Waals surface area contributed by atoms with Crippen molar-refractivity contribution in [3.8, 4) is 0 Å². The fraction of sp³-hybridized carbons (Fsp3) is 0.625. The average molecular weight is 306 g/mol. The normalized spacial score (nSPS) is 21.8. The highest BCUT2D eigenvalue weighted by Gasteiger charge is 2.28. The predicted molar refractivity (Wildman–Crippen MR) is 83.7 cm³/mol. The fourth-order valence-electron chi connectivity index (χ4n) is 3.31. The lowest BCUT2D eigenvalue weighted by Crippen LogP contribution is -2.35. The highest BCUT2D eigenvalue weighted by molar-refractivity contribution is 7.14. The van der Waals surface area contributed by atoms with Gasteiger partial charge in [0.2, 0.25) is 5.91 Å². The Labute approximate surface area is 129 Å². The van der Waals surface area contributed by atoms with Crippen molar-refractivity contribution in [2.24, 2.45) is 5.92 Å². The van der Waals surface area contributed by atoms with Gasteiger partial charge in [-0.1, -0.05) is 0 Å². The summed E-state index contributed by atoms with van der Waals surface area (Å²) in [6.45, 7) is 1.78. The lowest BCUT2D eigenvalue weighted by Gasteiger charge is -2.26. The van der Waals surface area contributed by atoms with E-state index >= 15 is 0 Å². The number of piperidine rings is 1. The molecule has 2 heterocycles. The summed E-state index contributed by atoms with van der Waals surface area (Å²) in [6.07, 6.45) is 6.07. The van der Waals surface area contributed by atoms with Crippen LogP contribution in [0.2, 0.25) is 0 Å². The van der Waals surface area contributed by atoms with E-state index in [2.05, 4.69) is 5.32 Å². The van der Waals surface area contributed by atoms with E-state index in [9.17, 15) is 9.59 Å². The molecule has 1 aromatic heterocycles.